The molecule has 2 aliphatic heterocycles. The van der Waals surface area contributed by atoms with Gasteiger partial charge >= 0.3 is 6.03 Å². The van der Waals surface area contributed by atoms with Gasteiger partial charge in [-0.05, 0) is 17.7 Å². The second-order valence-corrected chi connectivity index (χ2v) is 6.23. The summed E-state index contributed by atoms with van der Waals surface area (Å²) in [5.41, 5.74) is 1.37. The largest absolute Gasteiger partial charge is 0.454 e. The van der Waals surface area contributed by atoms with Crippen LogP contribution < -0.4 is 20.1 Å². The van der Waals surface area contributed by atoms with Gasteiger partial charge in [0.15, 0.2) is 11.5 Å². The first-order valence-electron chi connectivity index (χ1n) is 8.45. The Morgan fingerprint density at radius 2 is 1.89 bits per heavy atom. The molecule has 0 saturated carbocycles. The fraction of sp³-hybridized carbons (Fsp3) is 0.211. The van der Waals surface area contributed by atoms with Crippen molar-refractivity contribution in [2.45, 2.75) is 19.0 Å². The van der Waals surface area contributed by atoms with Gasteiger partial charge in [0.1, 0.15) is 6.04 Å². The van der Waals surface area contributed by atoms with Gasteiger partial charge in [0.25, 0.3) is 5.91 Å². The van der Waals surface area contributed by atoms with E-state index in [1.807, 2.05) is 30.3 Å². The molecule has 1 saturated heterocycles. The molecular formula is C19H17N3O5. The number of fused-ring (bicyclic) bond motifs is 1. The number of nitrogens with one attached hydrogen (secondary N) is 2. The number of carbonyl (C=O) groups is 3. The Balaban J connectivity index is 1.37. The molecule has 0 radical (unpaired) electrons. The number of ether oxygens (including phenoxy) is 2. The van der Waals surface area contributed by atoms with Crippen LogP contribution in [-0.4, -0.2) is 35.6 Å². The van der Waals surface area contributed by atoms with Crippen LogP contribution in [0.2, 0.25) is 0 Å². The van der Waals surface area contributed by atoms with Crippen molar-refractivity contribution in [1.29, 1.82) is 0 Å². The molecule has 2 aromatic rings. The van der Waals surface area contributed by atoms with Crippen molar-refractivity contribution in [3.05, 3.63) is 54.1 Å². The lowest BCUT2D eigenvalue weighted by atomic mass is 10.1. The average molecular weight is 367 g/mol. The molecule has 27 heavy (non-hydrogen) atoms. The van der Waals surface area contributed by atoms with Gasteiger partial charge in [-0.3, -0.25) is 14.5 Å². The molecule has 0 aromatic heterocycles. The maximum absolute atomic E-state index is 12.5. The molecule has 1 fully saturated rings. The van der Waals surface area contributed by atoms with Crippen molar-refractivity contribution in [1.82, 2.24) is 10.2 Å². The monoisotopic (exact) mass is 367 g/mol. The van der Waals surface area contributed by atoms with Crippen LogP contribution in [0.1, 0.15) is 12.0 Å². The van der Waals surface area contributed by atoms with Gasteiger partial charge in [-0.25, -0.2) is 4.79 Å². The van der Waals surface area contributed by atoms with Gasteiger partial charge in [0.2, 0.25) is 12.7 Å². The van der Waals surface area contributed by atoms with Crippen LogP contribution in [0.25, 0.3) is 0 Å². The number of urea groups is 1. The number of carbonyl (C=O) groups excluding carboxylic acids is 3. The Kier molecular flexibility index (Phi) is 4.37. The molecule has 0 bridgehead atoms. The molecule has 4 amide bonds. The van der Waals surface area contributed by atoms with E-state index in [4.69, 9.17) is 9.47 Å². The normalized spacial score (nSPS) is 17.8. The van der Waals surface area contributed by atoms with E-state index in [0.29, 0.717) is 17.2 Å². The zero-order valence-corrected chi connectivity index (χ0v) is 14.3. The Labute approximate surface area is 155 Å². The minimum Gasteiger partial charge on any atom is -0.454 e. The molecule has 2 N–H and O–H groups in total. The van der Waals surface area contributed by atoms with Crippen LogP contribution in [0.5, 0.6) is 11.5 Å². The van der Waals surface area contributed by atoms with Gasteiger partial charge in [-0.1, -0.05) is 30.3 Å². The first-order valence-corrected chi connectivity index (χ1v) is 8.45. The molecule has 2 aliphatic rings. The number of anilines is 1. The van der Waals surface area contributed by atoms with E-state index in [9.17, 15) is 14.4 Å². The lowest BCUT2D eigenvalue weighted by Gasteiger charge is -2.13. The Bertz CT molecular complexity index is 899. The van der Waals surface area contributed by atoms with Crippen LogP contribution in [0, 0.1) is 0 Å². The summed E-state index contributed by atoms with van der Waals surface area (Å²) in [6, 6.07) is 12.9. The summed E-state index contributed by atoms with van der Waals surface area (Å²) in [6.45, 7) is 0.318. The van der Waals surface area contributed by atoms with Gasteiger partial charge in [0.05, 0.1) is 13.0 Å². The molecular weight excluding hydrogens is 350 g/mol. The van der Waals surface area contributed by atoms with Gasteiger partial charge in [-0.15, -0.1) is 0 Å². The van der Waals surface area contributed by atoms with Crippen molar-refractivity contribution >= 4 is 23.5 Å². The highest BCUT2D eigenvalue weighted by Gasteiger charge is 2.39. The predicted molar refractivity (Wildman–Crippen MR) is 95.1 cm³/mol. The summed E-state index contributed by atoms with van der Waals surface area (Å²) in [5, 5.41) is 5.27. The van der Waals surface area contributed by atoms with Crippen LogP contribution in [0.4, 0.5) is 10.5 Å². The minimum atomic E-state index is -0.879. The topological polar surface area (TPSA) is 97.0 Å². The lowest BCUT2D eigenvalue weighted by molar-refractivity contribution is -0.130. The molecule has 1 atom stereocenters. The molecule has 138 valence electrons. The maximum Gasteiger partial charge on any atom is 0.325 e. The van der Waals surface area contributed by atoms with E-state index in [0.717, 1.165) is 10.5 Å². The van der Waals surface area contributed by atoms with Crippen molar-refractivity contribution in [3.63, 3.8) is 0 Å². The number of imide groups is 1. The van der Waals surface area contributed by atoms with Crippen molar-refractivity contribution in [2.75, 3.05) is 12.1 Å². The summed E-state index contributed by atoms with van der Waals surface area (Å²) in [7, 11) is 0. The fourth-order valence-electron chi connectivity index (χ4n) is 3.00. The number of nitrogens with zero attached hydrogens (tertiary/aromatic N) is 1. The van der Waals surface area contributed by atoms with Crippen molar-refractivity contribution in [3.8, 4) is 11.5 Å². The van der Waals surface area contributed by atoms with Crippen molar-refractivity contribution < 1.29 is 23.9 Å². The molecule has 2 aromatic carbocycles. The number of rotatable bonds is 5. The van der Waals surface area contributed by atoms with Crippen LogP contribution >= 0.6 is 0 Å². The minimum absolute atomic E-state index is 0.145. The summed E-state index contributed by atoms with van der Waals surface area (Å²) >= 11 is 0. The van der Waals surface area contributed by atoms with E-state index in [1.54, 1.807) is 18.2 Å². The fourth-order valence-corrected chi connectivity index (χ4v) is 3.00. The quantitative estimate of drug-likeness (QED) is 0.787. The average Bonchev–Trinajstić information content (AvgIpc) is 3.22. The Hall–Kier alpha value is -3.55. The molecule has 8 nitrogen and oxygen atoms in total. The number of hydrogen-bond acceptors (Lipinski definition) is 5. The summed E-state index contributed by atoms with van der Waals surface area (Å²) in [6.07, 6.45) is -0.149. The highest BCUT2D eigenvalue weighted by molar-refractivity contribution is 6.06. The molecule has 0 aliphatic carbocycles. The van der Waals surface area contributed by atoms with E-state index in [2.05, 4.69) is 10.6 Å². The molecule has 2 heterocycles. The van der Waals surface area contributed by atoms with Crippen molar-refractivity contribution in [2.24, 2.45) is 0 Å². The lowest BCUT2D eigenvalue weighted by Crippen LogP contribution is -2.34. The number of amides is 4. The second-order valence-electron chi connectivity index (χ2n) is 6.23. The third-order valence-corrected chi connectivity index (χ3v) is 4.34. The standard InChI is InChI=1S/C19H17N3O5/c23-17(20-13-6-7-15-16(8-13)27-11-26-15)9-14-18(24)22(19(25)21-14)10-12-4-2-1-3-5-12/h1-8,14H,9-11H2,(H,20,23)(H,21,25)/t14-/m1/s1. The summed E-state index contributed by atoms with van der Waals surface area (Å²) in [4.78, 5) is 38.0. The molecule has 4 rings (SSSR count). The van der Waals surface area contributed by atoms with Crippen LogP contribution in [0.3, 0.4) is 0 Å². The highest BCUT2D eigenvalue weighted by Crippen LogP contribution is 2.34. The van der Waals surface area contributed by atoms with Crippen LogP contribution in [-0.2, 0) is 16.1 Å². The highest BCUT2D eigenvalue weighted by atomic mass is 16.7. The Morgan fingerprint density at radius 3 is 2.70 bits per heavy atom. The van der Waals surface area contributed by atoms with Crippen LogP contribution in [0.15, 0.2) is 48.5 Å². The van der Waals surface area contributed by atoms with E-state index in [-0.39, 0.29) is 25.7 Å². The third kappa shape index (κ3) is 3.55. The first-order chi connectivity index (χ1) is 13.1. The zero-order chi connectivity index (χ0) is 18.8. The van der Waals surface area contributed by atoms with Gasteiger partial charge in [0, 0.05) is 11.8 Å². The summed E-state index contributed by atoms with van der Waals surface area (Å²) < 4.78 is 10.5. The summed E-state index contributed by atoms with van der Waals surface area (Å²) in [5.74, 6) is 0.369. The molecule has 0 spiro atoms. The SMILES string of the molecule is O=C(C[C@H]1NC(=O)N(Cc2ccccc2)C1=O)Nc1ccc2c(c1)OCO2. The smallest absolute Gasteiger partial charge is 0.325 e. The maximum atomic E-state index is 12.5. The third-order valence-electron chi connectivity index (χ3n) is 4.34. The van der Waals surface area contributed by atoms with E-state index >= 15 is 0 Å². The number of benzene rings is 2. The van der Waals surface area contributed by atoms with E-state index in [1.165, 1.54) is 0 Å². The van der Waals surface area contributed by atoms with Gasteiger partial charge in [-0.2, -0.15) is 0 Å². The Morgan fingerprint density at radius 1 is 1.11 bits per heavy atom. The molecule has 0 unspecified atom stereocenters. The first kappa shape index (κ1) is 16.9. The molecule has 8 heteroatoms. The van der Waals surface area contributed by atoms with Gasteiger partial charge < -0.3 is 20.1 Å². The zero-order valence-electron chi connectivity index (χ0n) is 14.3. The second kappa shape index (κ2) is 6.99. The predicted octanol–water partition coefficient (Wildman–Crippen LogP) is 1.86. The van der Waals surface area contributed by atoms with E-state index < -0.39 is 18.0 Å². The number of hydrogen-bond donors (Lipinski definition) is 2.